The quantitative estimate of drug-likeness (QED) is 0.880. The summed E-state index contributed by atoms with van der Waals surface area (Å²) < 4.78 is 1.90. The Morgan fingerprint density at radius 1 is 1.20 bits per heavy atom. The first-order chi connectivity index (χ1) is 9.65. The van der Waals surface area contributed by atoms with Gasteiger partial charge in [0.1, 0.15) is 5.69 Å². The summed E-state index contributed by atoms with van der Waals surface area (Å²) in [7, 11) is 0. The van der Waals surface area contributed by atoms with Gasteiger partial charge in [-0.25, -0.2) is 4.68 Å². The van der Waals surface area contributed by atoms with Gasteiger partial charge in [-0.15, -0.1) is 5.10 Å². The molecule has 0 unspecified atom stereocenters. The van der Waals surface area contributed by atoms with E-state index in [2.05, 4.69) is 55.3 Å². The van der Waals surface area contributed by atoms with E-state index in [0.717, 1.165) is 18.5 Å². The van der Waals surface area contributed by atoms with Crippen molar-refractivity contribution in [3.8, 4) is 0 Å². The molecule has 4 heteroatoms. The highest BCUT2D eigenvalue weighted by Crippen LogP contribution is 2.16. The van der Waals surface area contributed by atoms with Crippen LogP contribution in [0.5, 0.6) is 0 Å². The Morgan fingerprint density at radius 3 is 2.45 bits per heavy atom. The van der Waals surface area contributed by atoms with Gasteiger partial charge < -0.3 is 5.11 Å². The van der Waals surface area contributed by atoms with Crippen LogP contribution in [0.1, 0.15) is 55.6 Å². The van der Waals surface area contributed by atoms with Crippen molar-refractivity contribution >= 4 is 0 Å². The van der Waals surface area contributed by atoms with Crippen molar-refractivity contribution in [2.75, 3.05) is 0 Å². The van der Waals surface area contributed by atoms with Crippen molar-refractivity contribution in [2.45, 2.75) is 52.7 Å². The molecule has 0 saturated heterocycles. The van der Waals surface area contributed by atoms with Crippen LogP contribution in [0.25, 0.3) is 0 Å². The monoisotopic (exact) mass is 273 g/mol. The standard InChI is InChI=1S/C16H23N3O/c1-4-5-16-15(11-20)17-18-19(16)10-13-6-8-14(9-7-13)12(2)3/h6-9,12,20H,4-5,10-11H2,1-3H3. The number of rotatable bonds is 6. The third-order valence-corrected chi connectivity index (χ3v) is 3.53. The number of benzene rings is 1. The molecular formula is C16H23N3O. The second-order valence-electron chi connectivity index (χ2n) is 5.44. The number of aliphatic hydroxyl groups is 1. The maximum absolute atomic E-state index is 9.31. The second-order valence-corrected chi connectivity index (χ2v) is 5.44. The summed E-state index contributed by atoms with van der Waals surface area (Å²) in [4.78, 5) is 0. The fourth-order valence-electron chi connectivity index (χ4n) is 2.31. The Morgan fingerprint density at radius 2 is 1.90 bits per heavy atom. The van der Waals surface area contributed by atoms with Crippen LogP contribution in [-0.2, 0) is 19.6 Å². The zero-order valence-electron chi connectivity index (χ0n) is 12.5. The van der Waals surface area contributed by atoms with Crippen LogP contribution in [0, 0.1) is 0 Å². The Labute approximate surface area is 120 Å². The minimum absolute atomic E-state index is 0.0401. The largest absolute Gasteiger partial charge is 0.390 e. The van der Waals surface area contributed by atoms with Crippen LogP contribution in [0.3, 0.4) is 0 Å². The van der Waals surface area contributed by atoms with Gasteiger partial charge in [0.05, 0.1) is 18.8 Å². The summed E-state index contributed by atoms with van der Waals surface area (Å²) in [6.07, 6.45) is 1.92. The number of aromatic nitrogens is 3. The lowest BCUT2D eigenvalue weighted by Gasteiger charge is -2.09. The van der Waals surface area contributed by atoms with Gasteiger partial charge in [-0.05, 0) is 23.5 Å². The molecule has 0 saturated carbocycles. The molecule has 1 aromatic heterocycles. The Kier molecular flexibility index (Phi) is 4.90. The smallest absolute Gasteiger partial charge is 0.111 e. The molecule has 20 heavy (non-hydrogen) atoms. The molecule has 0 aliphatic carbocycles. The van der Waals surface area contributed by atoms with Gasteiger partial charge in [0, 0.05) is 0 Å². The second kappa shape index (κ2) is 6.66. The molecule has 0 amide bonds. The molecule has 4 nitrogen and oxygen atoms in total. The molecular weight excluding hydrogens is 250 g/mol. The van der Waals surface area contributed by atoms with Crippen molar-refractivity contribution in [1.29, 1.82) is 0 Å². The van der Waals surface area contributed by atoms with E-state index in [0.29, 0.717) is 18.2 Å². The Hall–Kier alpha value is -1.68. The topological polar surface area (TPSA) is 50.9 Å². The summed E-state index contributed by atoms with van der Waals surface area (Å²) in [6, 6.07) is 8.63. The van der Waals surface area contributed by atoms with E-state index >= 15 is 0 Å². The van der Waals surface area contributed by atoms with Crippen LogP contribution in [0.15, 0.2) is 24.3 Å². The summed E-state index contributed by atoms with van der Waals surface area (Å²) in [6.45, 7) is 7.18. The van der Waals surface area contributed by atoms with E-state index in [-0.39, 0.29) is 6.61 Å². The first-order valence-corrected chi connectivity index (χ1v) is 7.26. The molecule has 2 rings (SSSR count). The molecule has 0 radical (unpaired) electrons. The SMILES string of the molecule is CCCc1c(CO)nnn1Cc1ccc(C(C)C)cc1. The Bertz CT molecular complexity index is 543. The normalized spacial score (nSPS) is 11.2. The molecule has 1 N–H and O–H groups in total. The number of hydrogen-bond acceptors (Lipinski definition) is 3. The van der Waals surface area contributed by atoms with Crippen molar-refractivity contribution in [3.63, 3.8) is 0 Å². The maximum atomic E-state index is 9.31. The van der Waals surface area contributed by atoms with Gasteiger partial charge in [0.25, 0.3) is 0 Å². The van der Waals surface area contributed by atoms with E-state index in [1.54, 1.807) is 0 Å². The van der Waals surface area contributed by atoms with E-state index in [1.807, 2.05) is 4.68 Å². The molecule has 0 aliphatic heterocycles. The van der Waals surface area contributed by atoms with Gasteiger partial charge in [-0.2, -0.15) is 0 Å². The highest BCUT2D eigenvalue weighted by molar-refractivity contribution is 5.25. The molecule has 0 fully saturated rings. The molecule has 0 aliphatic rings. The lowest BCUT2D eigenvalue weighted by Crippen LogP contribution is -2.07. The predicted molar refractivity (Wildman–Crippen MR) is 79.6 cm³/mol. The predicted octanol–water partition coefficient (Wildman–Crippen LogP) is 2.89. The molecule has 2 aromatic rings. The number of hydrogen-bond donors (Lipinski definition) is 1. The minimum Gasteiger partial charge on any atom is -0.390 e. The van der Waals surface area contributed by atoms with Gasteiger partial charge in [-0.3, -0.25) is 0 Å². The van der Waals surface area contributed by atoms with Crippen LogP contribution < -0.4 is 0 Å². The van der Waals surface area contributed by atoms with E-state index < -0.39 is 0 Å². The average Bonchev–Trinajstić information content (AvgIpc) is 2.82. The number of aliphatic hydroxyl groups excluding tert-OH is 1. The number of nitrogens with zero attached hydrogens (tertiary/aromatic N) is 3. The fourth-order valence-corrected chi connectivity index (χ4v) is 2.31. The third-order valence-electron chi connectivity index (χ3n) is 3.53. The minimum atomic E-state index is -0.0401. The van der Waals surface area contributed by atoms with Crippen molar-refractivity contribution in [3.05, 3.63) is 46.8 Å². The summed E-state index contributed by atoms with van der Waals surface area (Å²) >= 11 is 0. The molecule has 0 atom stereocenters. The van der Waals surface area contributed by atoms with Gasteiger partial charge >= 0.3 is 0 Å². The summed E-state index contributed by atoms with van der Waals surface area (Å²) in [5.41, 5.74) is 4.30. The third kappa shape index (κ3) is 3.25. The average molecular weight is 273 g/mol. The molecule has 1 heterocycles. The van der Waals surface area contributed by atoms with E-state index in [9.17, 15) is 5.11 Å². The van der Waals surface area contributed by atoms with E-state index in [4.69, 9.17) is 0 Å². The molecule has 1 aromatic carbocycles. The lowest BCUT2D eigenvalue weighted by atomic mass is 10.0. The maximum Gasteiger partial charge on any atom is 0.111 e. The van der Waals surface area contributed by atoms with Crippen molar-refractivity contribution in [1.82, 2.24) is 15.0 Å². The molecule has 108 valence electrons. The lowest BCUT2D eigenvalue weighted by molar-refractivity contribution is 0.275. The molecule has 0 bridgehead atoms. The van der Waals surface area contributed by atoms with Crippen LogP contribution in [-0.4, -0.2) is 20.1 Å². The van der Waals surface area contributed by atoms with E-state index in [1.165, 1.54) is 11.1 Å². The van der Waals surface area contributed by atoms with Crippen LogP contribution in [0.4, 0.5) is 0 Å². The zero-order valence-corrected chi connectivity index (χ0v) is 12.5. The highest BCUT2D eigenvalue weighted by atomic mass is 16.3. The Balaban J connectivity index is 2.19. The van der Waals surface area contributed by atoms with Crippen LogP contribution >= 0.6 is 0 Å². The van der Waals surface area contributed by atoms with Gasteiger partial charge in [0.2, 0.25) is 0 Å². The van der Waals surface area contributed by atoms with Crippen LogP contribution in [0.2, 0.25) is 0 Å². The first-order valence-electron chi connectivity index (χ1n) is 7.26. The van der Waals surface area contributed by atoms with Gasteiger partial charge in [-0.1, -0.05) is 56.7 Å². The molecule has 0 spiro atoms. The van der Waals surface area contributed by atoms with Crippen molar-refractivity contribution < 1.29 is 5.11 Å². The fraction of sp³-hybridized carbons (Fsp3) is 0.500. The zero-order chi connectivity index (χ0) is 14.5. The summed E-state index contributed by atoms with van der Waals surface area (Å²) in [5, 5.41) is 17.5. The summed E-state index contributed by atoms with van der Waals surface area (Å²) in [5.74, 6) is 0.548. The first kappa shape index (κ1) is 14.7. The van der Waals surface area contributed by atoms with Gasteiger partial charge in [0.15, 0.2) is 0 Å². The highest BCUT2D eigenvalue weighted by Gasteiger charge is 2.11. The van der Waals surface area contributed by atoms with Crippen molar-refractivity contribution in [2.24, 2.45) is 0 Å².